The minimum Gasteiger partial charge on any atom is -0.371 e. The van der Waals surface area contributed by atoms with E-state index >= 15 is 0 Å². The van der Waals surface area contributed by atoms with E-state index in [1.807, 2.05) is 13.0 Å². The van der Waals surface area contributed by atoms with Crippen molar-refractivity contribution in [3.8, 4) is 0 Å². The lowest BCUT2D eigenvalue weighted by Gasteiger charge is -2.35. The summed E-state index contributed by atoms with van der Waals surface area (Å²) in [4.78, 5) is 13.4. The van der Waals surface area contributed by atoms with Crippen molar-refractivity contribution in [1.82, 2.24) is 5.32 Å². The van der Waals surface area contributed by atoms with Crippen LogP contribution >= 0.6 is 0 Å². The fourth-order valence-corrected chi connectivity index (χ4v) is 2.71. The number of nitrogens with zero attached hydrogens (tertiary/aromatic N) is 1. The van der Waals surface area contributed by atoms with Crippen molar-refractivity contribution in [2.45, 2.75) is 38.8 Å². The zero-order valence-corrected chi connectivity index (χ0v) is 11.7. The Labute approximate surface area is 115 Å². The molecule has 1 heterocycles. The van der Waals surface area contributed by atoms with Crippen molar-refractivity contribution in [3.05, 3.63) is 29.8 Å². The normalized spacial score (nSPS) is 18.2. The maximum absolute atomic E-state index is 11.1. The molecule has 0 spiro atoms. The summed E-state index contributed by atoms with van der Waals surface area (Å²) >= 11 is 0. The summed E-state index contributed by atoms with van der Waals surface area (Å²) in [5.74, 6) is 0.0643. The van der Waals surface area contributed by atoms with Crippen LogP contribution in [0.2, 0.25) is 0 Å². The maximum Gasteiger partial charge on any atom is 0.217 e. The molecule has 1 aromatic carbocycles. The minimum atomic E-state index is 0.0456. The molecule has 0 bridgehead atoms. The summed E-state index contributed by atoms with van der Waals surface area (Å²) in [6.07, 6.45) is 1.99. The first-order valence-electron chi connectivity index (χ1n) is 6.94. The number of carbonyl (C=O) groups excluding carboxylic acids is 1. The molecule has 0 saturated carbocycles. The first kappa shape index (κ1) is 13.9. The number of anilines is 1. The molecule has 1 aliphatic heterocycles. The predicted octanol–water partition coefficient (Wildman–Crippen LogP) is 1.81. The van der Waals surface area contributed by atoms with Crippen LogP contribution < -0.4 is 16.0 Å². The fourth-order valence-electron chi connectivity index (χ4n) is 2.71. The molecule has 1 saturated heterocycles. The van der Waals surface area contributed by atoms with Crippen LogP contribution in [0.4, 0.5) is 5.69 Å². The Hall–Kier alpha value is -1.55. The molecule has 0 radical (unpaired) electrons. The number of para-hydroxylation sites is 1. The molecule has 0 aliphatic carbocycles. The molecule has 3 N–H and O–H groups in total. The molecular formula is C15H23N3O. The highest BCUT2D eigenvalue weighted by Crippen LogP contribution is 2.27. The number of hydrogen-bond donors (Lipinski definition) is 2. The average molecular weight is 261 g/mol. The second-order valence-corrected chi connectivity index (χ2v) is 5.31. The Morgan fingerprint density at radius 2 is 2.00 bits per heavy atom. The van der Waals surface area contributed by atoms with Crippen molar-refractivity contribution in [2.24, 2.45) is 5.73 Å². The van der Waals surface area contributed by atoms with Gasteiger partial charge in [-0.25, -0.2) is 0 Å². The summed E-state index contributed by atoms with van der Waals surface area (Å²) in [6, 6.07) is 8.69. The molecule has 1 aromatic rings. The topological polar surface area (TPSA) is 58.4 Å². The second kappa shape index (κ2) is 6.06. The van der Waals surface area contributed by atoms with E-state index in [-0.39, 0.29) is 11.9 Å². The first-order chi connectivity index (χ1) is 9.08. The third-order valence-corrected chi connectivity index (χ3v) is 3.67. The highest BCUT2D eigenvalue weighted by atomic mass is 16.1. The van der Waals surface area contributed by atoms with Gasteiger partial charge in [-0.15, -0.1) is 0 Å². The van der Waals surface area contributed by atoms with Crippen LogP contribution in [0.1, 0.15) is 38.3 Å². The Morgan fingerprint density at radius 1 is 1.37 bits per heavy atom. The highest BCUT2D eigenvalue weighted by molar-refractivity contribution is 5.73. The van der Waals surface area contributed by atoms with Crippen LogP contribution in [0, 0.1) is 0 Å². The molecule has 1 amide bonds. The zero-order chi connectivity index (χ0) is 13.8. The average Bonchev–Trinajstić information content (AvgIpc) is 2.39. The van der Waals surface area contributed by atoms with Crippen LogP contribution in [-0.4, -0.2) is 25.0 Å². The number of nitrogens with one attached hydrogen (secondary N) is 1. The quantitative estimate of drug-likeness (QED) is 0.872. The molecule has 19 heavy (non-hydrogen) atoms. The Bertz CT molecular complexity index is 437. The van der Waals surface area contributed by atoms with Gasteiger partial charge < -0.3 is 16.0 Å². The van der Waals surface area contributed by atoms with E-state index in [1.54, 1.807) is 6.92 Å². The van der Waals surface area contributed by atoms with Gasteiger partial charge in [0.25, 0.3) is 0 Å². The predicted molar refractivity (Wildman–Crippen MR) is 78.1 cm³/mol. The van der Waals surface area contributed by atoms with Gasteiger partial charge in [-0.3, -0.25) is 4.79 Å². The zero-order valence-electron chi connectivity index (χ0n) is 11.7. The van der Waals surface area contributed by atoms with Gasteiger partial charge in [0.1, 0.15) is 0 Å². The van der Waals surface area contributed by atoms with E-state index in [1.165, 1.54) is 11.3 Å². The third-order valence-electron chi connectivity index (χ3n) is 3.67. The number of piperidine rings is 1. The third kappa shape index (κ3) is 3.47. The van der Waals surface area contributed by atoms with Crippen molar-refractivity contribution < 1.29 is 4.79 Å². The SMILES string of the molecule is CC(=O)NC1CCN(c2ccccc2[C@H](C)N)CC1. The molecule has 4 heteroatoms. The number of hydrogen-bond acceptors (Lipinski definition) is 3. The molecule has 104 valence electrons. The van der Waals surface area contributed by atoms with Crippen molar-refractivity contribution >= 4 is 11.6 Å². The number of rotatable bonds is 3. The largest absolute Gasteiger partial charge is 0.371 e. The van der Waals surface area contributed by atoms with Gasteiger partial charge >= 0.3 is 0 Å². The molecule has 0 aromatic heterocycles. The fraction of sp³-hybridized carbons (Fsp3) is 0.533. The number of carbonyl (C=O) groups is 1. The molecule has 1 atom stereocenters. The van der Waals surface area contributed by atoms with Crippen LogP contribution in [-0.2, 0) is 4.79 Å². The highest BCUT2D eigenvalue weighted by Gasteiger charge is 2.21. The van der Waals surface area contributed by atoms with Gasteiger partial charge in [-0.2, -0.15) is 0 Å². The van der Waals surface area contributed by atoms with Crippen molar-refractivity contribution in [3.63, 3.8) is 0 Å². The van der Waals surface area contributed by atoms with Gasteiger partial charge in [0.2, 0.25) is 5.91 Å². The standard InChI is InChI=1S/C15H23N3O/c1-11(16)14-5-3-4-6-15(14)18-9-7-13(8-10-18)17-12(2)19/h3-6,11,13H,7-10,16H2,1-2H3,(H,17,19)/t11-/m0/s1. The van der Waals surface area contributed by atoms with Crippen LogP contribution in [0.3, 0.4) is 0 Å². The molecule has 1 fully saturated rings. The Kier molecular flexibility index (Phi) is 4.43. The summed E-state index contributed by atoms with van der Waals surface area (Å²) in [5, 5.41) is 3.00. The Balaban J connectivity index is 2.03. The number of benzene rings is 1. The van der Waals surface area contributed by atoms with Crippen molar-refractivity contribution in [2.75, 3.05) is 18.0 Å². The van der Waals surface area contributed by atoms with Crippen LogP contribution in [0.5, 0.6) is 0 Å². The molecule has 4 nitrogen and oxygen atoms in total. The second-order valence-electron chi connectivity index (χ2n) is 5.31. The minimum absolute atomic E-state index is 0.0456. The first-order valence-corrected chi connectivity index (χ1v) is 6.94. The van der Waals surface area contributed by atoms with E-state index in [9.17, 15) is 4.79 Å². The lowest BCUT2D eigenvalue weighted by Crippen LogP contribution is -2.44. The monoisotopic (exact) mass is 261 g/mol. The summed E-state index contributed by atoms with van der Waals surface area (Å²) in [6.45, 7) is 5.53. The van der Waals surface area contributed by atoms with Gasteiger partial charge in [-0.1, -0.05) is 18.2 Å². The van der Waals surface area contributed by atoms with Crippen LogP contribution in [0.25, 0.3) is 0 Å². The van der Waals surface area contributed by atoms with Gasteiger partial charge in [0.15, 0.2) is 0 Å². The maximum atomic E-state index is 11.1. The summed E-state index contributed by atoms with van der Waals surface area (Å²) < 4.78 is 0. The summed E-state index contributed by atoms with van der Waals surface area (Å²) in [5.41, 5.74) is 8.46. The van der Waals surface area contributed by atoms with Crippen LogP contribution in [0.15, 0.2) is 24.3 Å². The Morgan fingerprint density at radius 3 is 2.58 bits per heavy atom. The lowest BCUT2D eigenvalue weighted by atomic mass is 10.0. The van der Waals surface area contributed by atoms with E-state index in [0.717, 1.165) is 25.9 Å². The number of nitrogens with two attached hydrogens (primary N) is 1. The molecule has 0 unspecified atom stereocenters. The van der Waals surface area contributed by atoms with E-state index in [4.69, 9.17) is 5.73 Å². The molecule has 2 rings (SSSR count). The smallest absolute Gasteiger partial charge is 0.217 e. The van der Waals surface area contributed by atoms with Gasteiger partial charge in [0.05, 0.1) is 0 Å². The van der Waals surface area contributed by atoms with E-state index in [2.05, 4.69) is 28.4 Å². The summed E-state index contributed by atoms with van der Waals surface area (Å²) in [7, 11) is 0. The lowest BCUT2D eigenvalue weighted by molar-refractivity contribution is -0.119. The number of amides is 1. The van der Waals surface area contributed by atoms with E-state index < -0.39 is 0 Å². The van der Waals surface area contributed by atoms with Gasteiger partial charge in [0, 0.05) is 37.8 Å². The van der Waals surface area contributed by atoms with Gasteiger partial charge in [-0.05, 0) is 31.4 Å². The van der Waals surface area contributed by atoms with Crippen molar-refractivity contribution in [1.29, 1.82) is 0 Å². The molecule has 1 aliphatic rings. The molecular weight excluding hydrogens is 238 g/mol. The van der Waals surface area contributed by atoms with E-state index in [0.29, 0.717) is 6.04 Å².